The monoisotopic (exact) mass is 397 g/mol. The number of rotatable bonds is 7. The van der Waals surface area contributed by atoms with Gasteiger partial charge in [-0.3, -0.25) is 4.79 Å². The number of nitrogens with zero attached hydrogens (tertiary/aromatic N) is 2. The van der Waals surface area contributed by atoms with Gasteiger partial charge in [0, 0.05) is 18.8 Å². The highest BCUT2D eigenvalue weighted by Crippen LogP contribution is 2.28. The second-order valence-corrected chi connectivity index (χ2v) is 7.19. The molecule has 0 unspecified atom stereocenters. The molecule has 7 nitrogen and oxygen atoms in total. The standard InChI is InChI=1S/C20H23N5O2S/c1-13-3-5-15(6-4-13)9-10-22-19(21)25-20-24-17(12-28-20)18-8-7-16(27-18)11-23-14(2)26/h3-8,12H,9-11H2,1-2H3,(H,23,26)(H3,21,22,24,25). The number of nitrogens with two attached hydrogens (primary N) is 1. The fourth-order valence-corrected chi connectivity index (χ4v) is 3.17. The van der Waals surface area contributed by atoms with Gasteiger partial charge >= 0.3 is 0 Å². The fourth-order valence-electron chi connectivity index (χ4n) is 2.48. The summed E-state index contributed by atoms with van der Waals surface area (Å²) >= 11 is 1.38. The van der Waals surface area contributed by atoms with E-state index in [1.807, 2.05) is 17.5 Å². The smallest absolute Gasteiger partial charge is 0.217 e. The number of hydrogen-bond acceptors (Lipinski definition) is 5. The fraction of sp³-hybridized carbons (Fsp3) is 0.250. The lowest BCUT2D eigenvalue weighted by atomic mass is 10.1. The van der Waals surface area contributed by atoms with Gasteiger partial charge in [-0.2, -0.15) is 4.99 Å². The highest BCUT2D eigenvalue weighted by Gasteiger charge is 2.09. The quantitative estimate of drug-likeness (QED) is 0.420. The van der Waals surface area contributed by atoms with E-state index in [2.05, 4.69) is 51.8 Å². The van der Waals surface area contributed by atoms with Gasteiger partial charge in [-0.05, 0) is 31.0 Å². The molecule has 4 N–H and O–H groups in total. The van der Waals surface area contributed by atoms with Crippen molar-refractivity contribution in [1.29, 1.82) is 0 Å². The van der Waals surface area contributed by atoms with E-state index in [1.165, 1.54) is 29.4 Å². The van der Waals surface area contributed by atoms with E-state index in [0.717, 1.165) is 6.42 Å². The first-order valence-corrected chi connectivity index (χ1v) is 9.80. The Morgan fingerprint density at radius 2 is 2.00 bits per heavy atom. The number of benzene rings is 1. The molecule has 0 saturated heterocycles. The minimum atomic E-state index is -0.103. The van der Waals surface area contributed by atoms with Crippen LogP contribution in [-0.4, -0.2) is 23.4 Å². The van der Waals surface area contributed by atoms with Crippen LogP contribution in [0.2, 0.25) is 0 Å². The number of guanidine groups is 1. The van der Waals surface area contributed by atoms with Crippen molar-refractivity contribution in [3.8, 4) is 11.5 Å². The van der Waals surface area contributed by atoms with E-state index in [0.29, 0.717) is 41.4 Å². The van der Waals surface area contributed by atoms with Crippen molar-refractivity contribution in [2.75, 3.05) is 6.54 Å². The van der Waals surface area contributed by atoms with Crippen molar-refractivity contribution >= 4 is 28.3 Å². The van der Waals surface area contributed by atoms with Crippen LogP contribution in [0.3, 0.4) is 0 Å². The Hall–Kier alpha value is -3.13. The molecular formula is C20H23N5O2S. The Kier molecular flexibility index (Phi) is 6.44. The summed E-state index contributed by atoms with van der Waals surface area (Å²) in [6.07, 6.45) is 0.864. The Morgan fingerprint density at radius 3 is 2.75 bits per heavy atom. The number of aromatic nitrogens is 1. The van der Waals surface area contributed by atoms with E-state index in [9.17, 15) is 4.79 Å². The van der Waals surface area contributed by atoms with Crippen LogP contribution in [0.15, 0.2) is 51.2 Å². The predicted molar refractivity (Wildman–Crippen MR) is 112 cm³/mol. The number of furan rings is 1. The molecule has 0 bridgehead atoms. The number of nitrogens with one attached hydrogen (secondary N) is 2. The third-order valence-corrected chi connectivity index (χ3v) is 4.71. The summed E-state index contributed by atoms with van der Waals surface area (Å²) in [6.45, 7) is 4.58. The Bertz CT molecular complexity index is 959. The van der Waals surface area contributed by atoms with Gasteiger partial charge in [-0.25, -0.2) is 4.98 Å². The molecule has 0 aliphatic rings. The lowest BCUT2D eigenvalue weighted by Gasteiger charge is -2.05. The molecule has 0 fully saturated rings. The van der Waals surface area contributed by atoms with Gasteiger partial charge in [-0.15, -0.1) is 11.3 Å². The Labute approximate surface area is 167 Å². The van der Waals surface area contributed by atoms with Crippen molar-refractivity contribution in [2.45, 2.75) is 26.8 Å². The summed E-state index contributed by atoms with van der Waals surface area (Å²) in [5.74, 6) is 1.52. The topological polar surface area (TPSA) is 106 Å². The molecule has 8 heteroatoms. The van der Waals surface area contributed by atoms with Crippen LogP contribution < -0.4 is 16.4 Å². The summed E-state index contributed by atoms with van der Waals surface area (Å²) in [6, 6.07) is 12.1. The molecule has 3 aromatic rings. The Morgan fingerprint density at radius 1 is 1.21 bits per heavy atom. The molecule has 1 amide bonds. The molecule has 28 heavy (non-hydrogen) atoms. The number of amides is 1. The summed E-state index contributed by atoms with van der Waals surface area (Å²) < 4.78 is 5.69. The van der Waals surface area contributed by atoms with Crippen molar-refractivity contribution in [1.82, 2.24) is 15.6 Å². The molecule has 2 aromatic heterocycles. The predicted octanol–water partition coefficient (Wildman–Crippen LogP) is 3.13. The van der Waals surface area contributed by atoms with Crippen LogP contribution >= 0.6 is 11.3 Å². The normalized spacial score (nSPS) is 11.4. The van der Waals surface area contributed by atoms with Crippen LogP contribution in [0.1, 0.15) is 23.8 Å². The zero-order chi connectivity index (χ0) is 19.9. The molecule has 0 atom stereocenters. The first kappa shape index (κ1) is 19.6. The van der Waals surface area contributed by atoms with Crippen molar-refractivity contribution in [3.05, 3.63) is 58.7 Å². The van der Waals surface area contributed by atoms with Crippen molar-refractivity contribution < 1.29 is 9.21 Å². The number of hydrogen-bond donors (Lipinski definition) is 3. The van der Waals surface area contributed by atoms with Gasteiger partial charge < -0.3 is 20.8 Å². The average molecular weight is 398 g/mol. The lowest BCUT2D eigenvalue weighted by Crippen LogP contribution is -2.32. The minimum absolute atomic E-state index is 0.103. The number of carbonyl (C=O) groups excluding carboxylic acids is 1. The summed E-state index contributed by atoms with van der Waals surface area (Å²) in [5, 5.41) is 8.21. The van der Waals surface area contributed by atoms with Crippen LogP contribution in [-0.2, 0) is 17.8 Å². The third kappa shape index (κ3) is 5.68. The number of aliphatic imine (C=N–C) groups is 1. The van der Waals surface area contributed by atoms with E-state index in [4.69, 9.17) is 10.2 Å². The number of thiazole rings is 1. The van der Waals surface area contributed by atoms with Gasteiger partial charge in [0.25, 0.3) is 0 Å². The van der Waals surface area contributed by atoms with E-state index in [1.54, 1.807) is 0 Å². The lowest BCUT2D eigenvalue weighted by molar-refractivity contribution is -0.119. The largest absolute Gasteiger partial charge is 0.458 e. The Balaban J connectivity index is 1.54. The molecule has 0 aliphatic carbocycles. The zero-order valence-corrected chi connectivity index (χ0v) is 16.7. The maximum Gasteiger partial charge on any atom is 0.217 e. The summed E-state index contributed by atoms with van der Waals surface area (Å²) in [4.78, 5) is 19.7. The van der Waals surface area contributed by atoms with Gasteiger partial charge in [0.05, 0.1) is 6.54 Å². The van der Waals surface area contributed by atoms with Crippen LogP contribution in [0.4, 0.5) is 5.13 Å². The number of carbonyl (C=O) groups is 1. The SMILES string of the molecule is CC(=O)NCc1ccc(-c2csc(N=C(N)NCCc3ccc(C)cc3)n2)o1. The van der Waals surface area contributed by atoms with Gasteiger partial charge in [0.2, 0.25) is 11.0 Å². The minimum Gasteiger partial charge on any atom is -0.458 e. The summed E-state index contributed by atoms with van der Waals surface area (Å²) in [5.41, 5.74) is 9.13. The molecule has 3 rings (SSSR count). The maximum absolute atomic E-state index is 11.0. The first-order valence-electron chi connectivity index (χ1n) is 8.92. The molecule has 2 heterocycles. The van der Waals surface area contributed by atoms with Crippen LogP contribution in [0, 0.1) is 6.92 Å². The highest BCUT2D eigenvalue weighted by molar-refractivity contribution is 7.13. The van der Waals surface area contributed by atoms with E-state index >= 15 is 0 Å². The van der Waals surface area contributed by atoms with E-state index < -0.39 is 0 Å². The van der Waals surface area contributed by atoms with Crippen molar-refractivity contribution in [2.24, 2.45) is 10.7 Å². The van der Waals surface area contributed by atoms with E-state index in [-0.39, 0.29) is 5.91 Å². The van der Waals surface area contributed by atoms with Gasteiger partial charge in [0.15, 0.2) is 11.7 Å². The maximum atomic E-state index is 11.0. The highest BCUT2D eigenvalue weighted by atomic mass is 32.1. The average Bonchev–Trinajstić information content (AvgIpc) is 3.31. The summed E-state index contributed by atoms with van der Waals surface area (Å²) in [7, 11) is 0. The van der Waals surface area contributed by atoms with Crippen LogP contribution in [0.5, 0.6) is 0 Å². The van der Waals surface area contributed by atoms with Gasteiger partial charge in [0.1, 0.15) is 11.5 Å². The van der Waals surface area contributed by atoms with Crippen LogP contribution in [0.25, 0.3) is 11.5 Å². The molecule has 0 spiro atoms. The molecule has 0 aliphatic heterocycles. The second kappa shape index (κ2) is 9.18. The molecular weight excluding hydrogens is 374 g/mol. The molecule has 0 radical (unpaired) electrons. The van der Waals surface area contributed by atoms with Gasteiger partial charge in [-0.1, -0.05) is 29.8 Å². The zero-order valence-electron chi connectivity index (χ0n) is 15.9. The number of aryl methyl sites for hydroxylation is 1. The molecule has 146 valence electrons. The molecule has 0 saturated carbocycles. The molecule has 1 aromatic carbocycles. The second-order valence-electron chi connectivity index (χ2n) is 6.35. The first-order chi connectivity index (χ1) is 13.5. The third-order valence-electron chi connectivity index (χ3n) is 3.97. The van der Waals surface area contributed by atoms with Crippen molar-refractivity contribution in [3.63, 3.8) is 0 Å².